The van der Waals surface area contributed by atoms with Crippen molar-refractivity contribution in [1.29, 1.82) is 0 Å². The number of nitrogens with two attached hydrogens (primary N) is 1. The molecule has 0 aromatic rings. The summed E-state index contributed by atoms with van der Waals surface area (Å²) in [5.74, 6) is 1.57. The average molecular weight is 362 g/mol. The fourth-order valence-corrected chi connectivity index (χ4v) is 5.36. The first-order valence-electron chi connectivity index (χ1n) is 10.5. The van der Waals surface area contributed by atoms with Gasteiger partial charge >= 0.3 is 0 Å². The highest BCUT2D eigenvalue weighted by molar-refractivity contribution is 5.73. The second-order valence-electron chi connectivity index (χ2n) is 8.75. The fraction of sp³-hybridized carbons (Fsp3) is 0.773. The number of aliphatic hydroxyl groups is 2. The van der Waals surface area contributed by atoms with Crippen molar-refractivity contribution in [2.75, 3.05) is 0 Å². The number of allylic oxidation sites excluding steroid dienone is 2. The molecule has 0 heterocycles. The Balaban J connectivity index is 1.46. The van der Waals surface area contributed by atoms with Gasteiger partial charge in [-0.1, -0.05) is 49.5 Å². The number of carbonyl (C=O) groups is 1. The van der Waals surface area contributed by atoms with Crippen LogP contribution in [0.5, 0.6) is 0 Å². The number of carbonyl (C=O) groups excluding carboxylic acids is 1. The van der Waals surface area contributed by atoms with E-state index in [0.29, 0.717) is 24.2 Å². The van der Waals surface area contributed by atoms with Crippen LogP contribution in [-0.2, 0) is 4.79 Å². The highest BCUT2D eigenvalue weighted by Crippen LogP contribution is 2.48. The molecule has 0 aromatic carbocycles. The summed E-state index contributed by atoms with van der Waals surface area (Å²) in [5, 5.41) is 20.8. The molecule has 0 aliphatic heterocycles. The number of primary amides is 1. The molecule has 0 bridgehead atoms. The first-order chi connectivity index (χ1) is 12.5. The van der Waals surface area contributed by atoms with E-state index >= 15 is 0 Å². The van der Waals surface area contributed by atoms with Crippen LogP contribution in [0.2, 0.25) is 0 Å². The molecule has 4 heteroatoms. The van der Waals surface area contributed by atoms with E-state index in [1.165, 1.54) is 31.3 Å². The minimum absolute atomic E-state index is 0.164. The van der Waals surface area contributed by atoms with Gasteiger partial charge in [-0.2, -0.15) is 0 Å². The van der Waals surface area contributed by atoms with E-state index in [9.17, 15) is 15.0 Å². The molecular weight excluding hydrogens is 326 g/mol. The first kappa shape index (κ1) is 19.6. The second kappa shape index (κ2) is 9.18. The van der Waals surface area contributed by atoms with Crippen molar-refractivity contribution in [2.24, 2.45) is 29.4 Å². The molecule has 3 rings (SSSR count). The van der Waals surface area contributed by atoms with Gasteiger partial charge in [0.1, 0.15) is 0 Å². The SMILES string of the molecule is NC(=O)CCCCC1=C[C@H]2C[C@@H](O)[C@H](C=C[C@@H](O)CC3CCCC3)[C@H]2C1. The maximum absolute atomic E-state index is 10.8. The molecule has 1 amide bonds. The van der Waals surface area contributed by atoms with Gasteiger partial charge in [-0.05, 0) is 56.3 Å². The Morgan fingerprint density at radius 2 is 2.08 bits per heavy atom. The molecule has 3 aliphatic carbocycles. The predicted octanol–water partition coefficient (Wildman–Crippen LogP) is 3.47. The van der Waals surface area contributed by atoms with Gasteiger partial charge in [0.05, 0.1) is 12.2 Å². The molecule has 26 heavy (non-hydrogen) atoms. The number of amides is 1. The molecule has 5 atom stereocenters. The van der Waals surface area contributed by atoms with E-state index in [-0.39, 0.29) is 24.0 Å². The molecule has 2 fully saturated rings. The van der Waals surface area contributed by atoms with Crippen molar-refractivity contribution in [3.8, 4) is 0 Å². The van der Waals surface area contributed by atoms with Crippen LogP contribution in [0.15, 0.2) is 23.8 Å². The van der Waals surface area contributed by atoms with Crippen LogP contribution >= 0.6 is 0 Å². The van der Waals surface area contributed by atoms with E-state index in [2.05, 4.69) is 12.2 Å². The number of hydrogen-bond acceptors (Lipinski definition) is 3. The Morgan fingerprint density at radius 3 is 2.81 bits per heavy atom. The van der Waals surface area contributed by atoms with E-state index < -0.39 is 0 Å². The highest BCUT2D eigenvalue weighted by Gasteiger charge is 2.43. The Bertz CT molecular complexity index is 536. The molecule has 3 aliphatic rings. The highest BCUT2D eigenvalue weighted by atomic mass is 16.3. The monoisotopic (exact) mass is 361 g/mol. The third-order valence-electron chi connectivity index (χ3n) is 6.73. The van der Waals surface area contributed by atoms with Crippen molar-refractivity contribution in [1.82, 2.24) is 0 Å². The molecule has 4 N–H and O–H groups in total. The molecule has 0 aromatic heterocycles. The first-order valence-corrected chi connectivity index (χ1v) is 10.5. The number of unbranched alkanes of at least 4 members (excludes halogenated alkanes) is 1. The lowest BCUT2D eigenvalue weighted by Gasteiger charge is -2.19. The smallest absolute Gasteiger partial charge is 0.217 e. The summed E-state index contributed by atoms with van der Waals surface area (Å²) in [5.41, 5.74) is 6.67. The minimum atomic E-state index is -0.369. The van der Waals surface area contributed by atoms with Crippen molar-refractivity contribution < 1.29 is 15.0 Å². The second-order valence-corrected chi connectivity index (χ2v) is 8.75. The third kappa shape index (κ3) is 5.20. The van der Waals surface area contributed by atoms with Gasteiger partial charge in [-0.25, -0.2) is 0 Å². The topological polar surface area (TPSA) is 83.6 Å². The van der Waals surface area contributed by atoms with Crippen molar-refractivity contribution in [2.45, 2.75) is 82.8 Å². The molecule has 0 saturated heterocycles. The molecule has 0 radical (unpaired) electrons. The molecular formula is C22H35NO3. The summed E-state index contributed by atoms with van der Waals surface area (Å²) in [6.07, 6.45) is 17.0. The summed E-state index contributed by atoms with van der Waals surface area (Å²) in [4.78, 5) is 10.8. The number of fused-ring (bicyclic) bond motifs is 1. The predicted molar refractivity (Wildman–Crippen MR) is 103 cm³/mol. The molecule has 146 valence electrons. The molecule has 0 spiro atoms. The summed E-state index contributed by atoms with van der Waals surface area (Å²) in [6, 6.07) is 0. The van der Waals surface area contributed by atoms with Crippen LogP contribution in [0.1, 0.15) is 70.6 Å². The summed E-state index contributed by atoms with van der Waals surface area (Å²) >= 11 is 0. The number of hydrogen-bond donors (Lipinski definition) is 3. The Morgan fingerprint density at radius 1 is 1.31 bits per heavy atom. The van der Waals surface area contributed by atoms with E-state index in [4.69, 9.17) is 5.73 Å². The molecule has 0 unspecified atom stereocenters. The van der Waals surface area contributed by atoms with Gasteiger partial charge in [-0.15, -0.1) is 0 Å². The standard InChI is InChI=1S/C22H35NO3/c23-22(26)8-4-3-7-16-11-17-14-21(25)19(20(17)13-16)10-9-18(24)12-15-5-1-2-6-15/h9-11,15,17-21,24-25H,1-8,12-14H2,(H2,23,26)/t17-,18+,19+,20-,21+/m0/s1. The summed E-state index contributed by atoms with van der Waals surface area (Å²) in [6.45, 7) is 0. The van der Waals surface area contributed by atoms with Crippen LogP contribution in [0.4, 0.5) is 0 Å². The van der Waals surface area contributed by atoms with Gasteiger partial charge in [0.25, 0.3) is 0 Å². The number of aliphatic hydroxyl groups excluding tert-OH is 2. The lowest BCUT2D eigenvalue weighted by atomic mass is 9.88. The molecule has 4 nitrogen and oxygen atoms in total. The van der Waals surface area contributed by atoms with Crippen LogP contribution in [0, 0.1) is 23.7 Å². The Hall–Kier alpha value is -1.13. The van der Waals surface area contributed by atoms with E-state index in [1.54, 1.807) is 0 Å². The zero-order chi connectivity index (χ0) is 18.5. The zero-order valence-corrected chi connectivity index (χ0v) is 15.9. The minimum Gasteiger partial charge on any atom is -0.392 e. The van der Waals surface area contributed by atoms with Crippen LogP contribution in [-0.4, -0.2) is 28.3 Å². The van der Waals surface area contributed by atoms with Crippen molar-refractivity contribution >= 4 is 5.91 Å². The maximum atomic E-state index is 10.8. The van der Waals surface area contributed by atoms with Gasteiger partial charge in [0.15, 0.2) is 0 Å². The van der Waals surface area contributed by atoms with Gasteiger partial charge in [0, 0.05) is 12.3 Å². The summed E-state index contributed by atoms with van der Waals surface area (Å²) < 4.78 is 0. The van der Waals surface area contributed by atoms with Gasteiger partial charge in [-0.3, -0.25) is 4.79 Å². The zero-order valence-electron chi connectivity index (χ0n) is 15.9. The van der Waals surface area contributed by atoms with Crippen molar-refractivity contribution in [3.05, 3.63) is 23.8 Å². The lowest BCUT2D eigenvalue weighted by molar-refractivity contribution is -0.118. The average Bonchev–Trinajstić information content (AvgIpc) is 3.27. The lowest BCUT2D eigenvalue weighted by Crippen LogP contribution is -2.18. The normalized spacial score (nSPS) is 32.9. The van der Waals surface area contributed by atoms with Crippen LogP contribution in [0.25, 0.3) is 0 Å². The van der Waals surface area contributed by atoms with Crippen LogP contribution in [0.3, 0.4) is 0 Å². The quantitative estimate of drug-likeness (QED) is 0.434. The van der Waals surface area contributed by atoms with Crippen molar-refractivity contribution in [3.63, 3.8) is 0 Å². The maximum Gasteiger partial charge on any atom is 0.217 e. The Kier molecular flexibility index (Phi) is 6.93. The fourth-order valence-electron chi connectivity index (χ4n) is 5.36. The van der Waals surface area contributed by atoms with Gasteiger partial charge in [0.2, 0.25) is 5.91 Å². The third-order valence-corrected chi connectivity index (χ3v) is 6.73. The van der Waals surface area contributed by atoms with E-state index in [0.717, 1.165) is 38.5 Å². The largest absolute Gasteiger partial charge is 0.392 e. The van der Waals surface area contributed by atoms with E-state index in [1.807, 2.05) is 6.08 Å². The van der Waals surface area contributed by atoms with Crippen LogP contribution < -0.4 is 5.73 Å². The summed E-state index contributed by atoms with van der Waals surface area (Å²) in [7, 11) is 0. The number of rotatable bonds is 9. The Labute approximate surface area is 157 Å². The molecule has 2 saturated carbocycles. The van der Waals surface area contributed by atoms with Gasteiger partial charge < -0.3 is 15.9 Å².